The number of unbranched alkanes of at least 4 members (excludes halogenated alkanes) is 2. The van der Waals surface area contributed by atoms with Gasteiger partial charge in [0.25, 0.3) is 0 Å². The van der Waals surface area contributed by atoms with Gasteiger partial charge in [-0.25, -0.2) is 17.5 Å². The molecule has 0 saturated carbocycles. The number of hydrogen-bond acceptors (Lipinski definition) is 3. The van der Waals surface area contributed by atoms with E-state index in [9.17, 15) is 17.9 Å². The highest BCUT2D eigenvalue weighted by Gasteiger charge is 2.40. The van der Waals surface area contributed by atoms with Crippen molar-refractivity contribution in [1.29, 1.82) is 0 Å². The molecule has 0 fully saturated rings. The second-order valence-electron chi connectivity index (χ2n) is 7.25. The van der Waals surface area contributed by atoms with Crippen molar-refractivity contribution in [2.24, 2.45) is 5.92 Å². The van der Waals surface area contributed by atoms with Gasteiger partial charge in [-0.15, -0.1) is 0 Å². The van der Waals surface area contributed by atoms with Crippen LogP contribution in [0.25, 0.3) is 0 Å². The van der Waals surface area contributed by atoms with Crippen molar-refractivity contribution < 1.29 is 17.9 Å². The average Bonchev–Trinajstić information content (AvgIpc) is 2.62. The Morgan fingerprint density at radius 1 is 1.08 bits per heavy atom. The standard InChI is InChI=1S/C20H34FNO3S/c1-5-8-14-20(23,15-9-6-2)19(16(4)7-3)22-26(24,25)18-12-10-17(21)11-13-18/h10-13,16,19,22-23H,5-9,14-15H2,1-4H3/t16-,19-/m0/s1. The highest BCUT2D eigenvalue weighted by atomic mass is 32.2. The third kappa shape index (κ3) is 6.32. The van der Waals surface area contributed by atoms with Crippen molar-refractivity contribution in [3.8, 4) is 0 Å². The molecule has 0 heterocycles. The van der Waals surface area contributed by atoms with Gasteiger partial charge in [0.15, 0.2) is 0 Å². The first-order valence-electron chi connectivity index (χ1n) is 9.70. The van der Waals surface area contributed by atoms with Crippen LogP contribution in [0.1, 0.15) is 72.6 Å². The smallest absolute Gasteiger partial charge is 0.240 e. The zero-order valence-corrected chi connectivity index (χ0v) is 17.3. The van der Waals surface area contributed by atoms with Gasteiger partial charge in [-0.3, -0.25) is 0 Å². The molecule has 0 aromatic heterocycles. The van der Waals surface area contributed by atoms with E-state index in [0.717, 1.165) is 44.2 Å². The maximum Gasteiger partial charge on any atom is 0.240 e. The molecule has 0 amide bonds. The second kappa shape index (κ2) is 10.4. The van der Waals surface area contributed by atoms with E-state index in [-0.39, 0.29) is 10.8 Å². The zero-order chi connectivity index (χ0) is 19.8. The monoisotopic (exact) mass is 387 g/mol. The fourth-order valence-corrected chi connectivity index (χ4v) is 4.66. The molecule has 1 aromatic rings. The van der Waals surface area contributed by atoms with E-state index in [1.54, 1.807) is 0 Å². The van der Waals surface area contributed by atoms with Crippen LogP contribution in [0, 0.1) is 11.7 Å². The highest BCUT2D eigenvalue weighted by Crippen LogP contribution is 2.31. The van der Waals surface area contributed by atoms with Crippen molar-refractivity contribution in [3.05, 3.63) is 30.1 Å². The predicted octanol–water partition coefficient (Wildman–Crippen LogP) is 4.63. The van der Waals surface area contributed by atoms with Gasteiger partial charge in [-0.05, 0) is 43.0 Å². The summed E-state index contributed by atoms with van der Waals surface area (Å²) in [4.78, 5) is 0.0144. The second-order valence-corrected chi connectivity index (χ2v) is 8.96. The molecule has 0 unspecified atom stereocenters. The van der Waals surface area contributed by atoms with Crippen LogP contribution in [0.3, 0.4) is 0 Å². The van der Waals surface area contributed by atoms with Gasteiger partial charge in [-0.2, -0.15) is 0 Å². The van der Waals surface area contributed by atoms with E-state index < -0.39 is 27.5 Å². The van der Waals surface area contributed by atoms with Crippen LogP contribution in [-0.4, -0.2) is 25.2 Å². The number of halogens is 1. The molecule has 26 heavy (non-hydrogen) atoms. The van der Waals surface area contributed by atoms with E-state index >= 15 is 0 Å². The van der Waals surface area contributed by atoms with Crippen LogP contribution in [0.5, 0.6) is 0 Å². The first-order chi connectivity index (χ1) is 12.2. The number of nitrogens with one attached hydrogen (secondary N) is 1. The molecular formula is C20H34FNO3S. The number of sulfonamides is 1. The Bertz CT molecular complexity index is 623. The van der Waals surface area contributed by atoms with Crippen molar-refractivity contribution in [3.63, 3.8) is 0 Å². The Morgan fingerprint density at radius 3 is 2.00 bits per heavy atom. The third-order valence-corrected chi connectivity index (χ3v) is 6.58. The Morgan fingerprint density at radius 2 is 1.58 bits per heavy atom. The van der Waals surface area contributed by atoms with E-state index in [1.165, 1.54) is 12.1 Å². The summed E-state index contributed by atoms with van der Waals surface area (Å²) in [5.74, 6) is -0.506. The maximum absolute atomic E-state index is 13.1. The fraction of sp³-hybridized carbons (Fsp3) is 0.700. The first kappa shape index (κ1) is 23.1. The summed E-state index contributed by atoms with van der Waals surface area (Å²) in [7, 11) is -3.84. The topological polar surface area (TPSA) is 66.4 Å². The lowest BCUT2D eigenvalue weighted by Gasteiger charge is -2.40. The van der Waals surface area contributed by atoms with Gasteiger partial charge in [0, 0.05) is 0 Å². The molecule has 4 nitrogen and oxygen atoms in total. The van der Waals surface area contributed by atoms with Crippen LogP contribution in [0.15, 0.2) is 29.2 Å². The van der Waals surface area contributed by atoms with E-state index in [4.69, 9.17) is 0 Å². The summed E-state index contributed by atoms with van der Waals surface area (Å²) in [6, 6.07) is 4.19. The van der Waals surface area contributed by atoms with Gasteiger partial charge in [0.1, 0.15) is 5.82 Å². The molecule has 1 aromatic carbocycles. The molecule has 0 radical (unpaired) electrons. The molecule has 0 spiro atoms. The van der Waals surface area contributed by atoms with E-state index in [0.29, 0.717) is 12.8 Å². The van der Waals surface area contributed by atoms with Crippen LogP contribution in [0.4, 0.5) is 4.39 Å². The summed E-state index contributed by atoms with van der Waals surface area (Å²) < 4.78 is 41.5. The van der Waals surface area contributed by atoms with Crippen molar-refractivity contribution >= 4 is 10.0 Å². The summed E-state index contributed by atoms with van der Waals surface area (Å²) >= 11 is 0. The summed E-state index contributed by atoms with van der Waals surface area (Å²) in [5, 5.41) is 11.4. The molecule has 2 N–H and O–H groups in total. The van der Waals surface area contributed by atoms with Crippen LogP contribution >= 0.6 is 0 Å². The predicted molar refractivity (Wildman–Crippen MR) is 104 cm³/mol. The number of hydrogen-bond donors (Lipinski definition) is 2. The van der Waals surface area contributed by atoms with Crippen LogP contribution in [0.2, 0.25) is 0 Å². The van der Waals surface area contributed by atoms with Gasteiger partial charge in [0.05, 0.1) is 16.5 Å². The van der Waals surface area contributed by atoms with Crippen LogP contribution in [-0.2, 0) is 10.0 Å². The van der Waals surface area contributed by atoms with Crippen LogP contribution < -0.4 is 4.72 Å². The van der Waals surface area contributed by atoms with Crippen molar-refractivity contribution in [2.45, 2.75) is 89.2 Å². The Kier molecular flexibility index (Phi) is 9.21. The fourth-order valence-electron chi connectivity index (χ4n) is 3.24. The lowest BCUT2D eigenvalue weighted by atomic mass is 9.78. The highest BCUT2D eigenvalue weighted by molar-refractivity contribution is 7.89. The molecular weight excluding hydrogens is 353 g/mol. The maximum atomic E-state index is 13.1. The lowest BCUT2D eigenvalue weighted by Crippen LogP contribution is -2.55. The Labute approximate surface area is 158 Å². The third-order valence-electron chi connectivity index (χ3n) is 5.12. The minimum atomic E-state index is -3.84. The van der Waals surface area contributed by atoms with Crippen molar-refractivity contribution in [1.82, 2.24) is 4.72 Å². The quantitative estimate of drug-likeness (QED) is 0.549. The SMILES string of the molecule is CCCCC(O)(CCCC)[C@@H](NS(=O)(=O)c1ccc(F)cc1)[C@@H](C)CC. The minimum absolute atomic E-state index is 0.0144. The largest absolute Gasteiger partial charge is 0.388 e. The van der Waals surface area contributed by atoms with Gasteiger partial charge in [0.2, 0.25) is 10.0 Å². The molecule has 0 aliphatic carbocycles. The molecule has 150 valence electrons. The number of aliphatic hydroxyl groups is 1. The van der Waals surface area contributed by atoms with Gasteiger partial charge in [-0.1, -0.05) is 59.8 Å². The molecule has 0 bridgehead atoms. The van der Waals surface area contributed by atoms with E-state index in [1.807, 2.05) is 13.8 Å². The number of rotatable bonds is 12. The summed E-state index contributed by atoms with van der Waals surface area (Å²) in [5.41, 5.74) is -1.09. The van der Waals surface area contributed by atoms with Gasteiger partial charge < -0.3 is 5.11 Å². The Balaban J connectivity index is 3.19. The lowest BCUT2D eigenvalue weighted by molar-refractivity contribution is -0.0274. The molecule has 0 saturated heterocycles. The molecule has 2 atom stereocenters. The van der Waals surface area contributed by atoms with Crippen molar-refractivity contribution in [2.75, 3.05) is 0 Å². The van der Waals surface area contributed by atoms with Gasteiger partial charge >= 0.3 is 0 Å². The summed E-state index contributed by atoms with van der Waals surface area (Å²) in [6.45, 7) is 8.06. The minimum Gasteiger partial charge on any atom is -0.388 e. The molecule has 6 heteroatoms. The first-order valence-corrected chi connectivity index (χ1v) is 11.2. The number of benzene rings is 1. The zero-order valence-electron chi connectivity index (χ0n) is 16.5. The average molecular weight is 388 g/mol. The normalized spacial score (nSPS) is 15.0. The molecule has 1 rings (SSSR count). The molecule has 0 aliphatic rings. The Hall–Kier alpha value is -0.980. The summed E-state index contributed by atoms with van der Waals surface area (Å²) in [6.07, 6.45) is 5.42. The van der Waals surface area contributed by atoms with E-state index in [2.05, 4.69) is 18.6 Å². The molecule has 0 aliphatic heterocycles.